The molecule has 4 nitrogen and oxygen atoms in total. The highest BCUT2D eigenvalue weighted by Crippen LogP contribution is 2.25. The molecule has 0 N–H and O–H groups in total. The topological polar surface area (TPSA) is 41.9 Å². The molecule has 0 bridgehead atoms. The second-order valence-corrected chi connectivity index (χ2v) is 2.96. The van der Waals surface area contributed by atoms with Gasteiger partial charge in [-0.1, -0.05) is 0 Å². The van der Waals surface area contributed by atoms with Crippen LogP contribution in [0.2, 0.25) is 0 Å². The molecule has 12 heavy (non-hydrogen) atoms. The van der Waals surface area contributed by atoms with Crippen LogP contribution in [0, 0.1) is 0 Å². The first kappa shape index (κ1) is 7.34. The van der Waals surface area contributed by atoms with Crippen molar-refractivity contribution in [2.75, 3.05) is 13.6 Å². The van der Waals surface area contributed by atoms with Gasteiger partial charge in [0, 0.05) is 19.3 Å². The van der Waals surface area contributed by atoms with Crippen LogP contribution in [0.4, 0.5) is 0 Å². The van der Waals surface area contributed by atoms with Gasteiger partial charge in [0.05, 0.1) is 0 Å². The summed E-state index contributed by atoms with van der Waals surface area (Å²) in [5.74, 6) is -0.321. The van der Waals surface area contributed by atoms with Crippen molar-refractivity contribution < 1.29 is 9.53 Å². The summed E-state index contributed by atoms with van der Waals surface area (Å²) < 4.78 is 4.61. The molecular weight excluding hydrogens is 156 g/mol. The molecule has 2 rings (SSSR count). The molecule has 1 saturated heterocycles. The van der Waals surface area contributed by atoms with Crippen LogP contribution in [0.25, 0.3) is 0 Å². The minimum Gasteiger partial charge on any atom is -0.410 e. The van der Waals surface area contributed by atoms with Crippen molar-refractivity contribution in [1.29, 1.82) is 0 Å². The van der Waals surface area contributed by atoms with E-state index in [4.69, 9.17) is 0 Å². The van der Waals surface area contributed by atoms with Gasteiger partial charge in [-0.15, -0.1) is 0 Å². The van der Waals surface area contributed by atoms with E-state index in [-0.39, 0.29) is 5.97 Å². The largest absolute Gasteiger partial charge is 0.410 e. The lowest BCUT2D eigenvalue weighted by molar-refractivity contribution is -0.129. The van der Waals surface area contributed by atoms with E-state index in [1.54, 1.807) is 0 Å². The summed E-state index contributed by atoms with van der Waals surface area (Å²) in [5, 5.41) is 0. The minimum absolute atomic E-state index is 0.321. The Bertz CT molecular complexity index is 281. The third-order valence-corrected chi connectivity index (χ3v) is 2.18. The molecule has 4 heteroatoms. The maximum absolute atomic E-state index is 11.1. The monoisotopic (exact) mass is 166 g/mol. The van der Waals surface area contributed by atoms with Gasteiger partial charge in [-0.2, -0.15) is 0 Å². The number of allylic oxidation sites excluding steroid dienone is 1. The highest BCUT2D eigenvalue weighted by Gasteiger charge is 2.25. The Morgan fingerprint density at radius 1 is 1.67 bits per heavy atom. The first-order chi connectivity index (χ1) is 5.79. The van der Waals surface area contributed by atoms with Crippen LogP contribution in [-0.4, -0.2) is 30.9 Å². The van der Waals surface area contributed by atoms with Gasteiger partial charge in [0.2, 0.25) is 0 Å². The Labute approximate surface area is 70.5 Å². The second kappa shape index (κ2) is 2.62. The standard InChI is InChI=1S/C8H10N2O2/c1-10-4-2-3-6(10)7-8(11)12-5-9-7/h5H,2-4H2,1H3/b7-6-. The summed E-state index contributed by atoms with van der Waals surface area (Å²) in [5.41, 5.74) is 1.49. The predicted octanol–water partition coefficient (Wildman–Crippen LogP) is 0.509. The predicted molar refractivity (Wildman–Crippen MR) is 43.5 cm³/mol. The Kier molecular flexibility index (Phi) is 1.60. The third-order valence-electron chi connectivity index (χ3n) is 2.18. The van der Waals surface area contributed by atoms with Crippen LogP contribution in [-0.2, 0) is 9.53 Å². The maximum Gasteiger partial charge on any atom is 0.365 e. The van der Waals surface area contributed by atoms with E-state index < -0.39 is 0 Å². The molecule has 0 aromatic heterocycles. The third kappa shape index (κ3) is 0.995. The van der Waals surface area contributed by atoms with E-state index in [2.05, 4.69) is 14.6 Å². The SMILES string of the molecule is CN1CCC/C1=C1/N=COC1=O. The maximum atomic E-state index is 11.1. The number of carbonyl (C=O) groups excluding carboxylic acids is 1. The number of carbonyl (C=O) groups is 1. The molecular formula is C8H10N2O2. The summed E-state index contributed by atoms with van der Waals surface area (Å²) in [6.07, 6.45) is 3.23. The van der Waals surface area contributed by atoms with Crippen molar-refractivity contribution in [1.82, 2.24) is 4.90 Å². The lowest BCUT2D eigenvalue weighted by Gasteiger charge is -2.12. The molecule has 0 saturated carbocycles. The average Bonchev–Trinajstić information content (AvgIpc) is 2.59. The van der Waals surface area contributed by atoms with Crippen LogP contribution in [0.3, 0.4) is 0 Å². The van der Waals surface area contributed by atoms with Gasteiger partial charge in [0.1, 0.15) is 0 Å². The number of nitrogens with zero attached hydrogens (tertiary/aromatic N) is 2. The van der Waals surface area contributed by atoms with Crippen molar-refractivity contribution >= 4 is 12.4 Å². The molecule has 64 valence electrons. The number of likely N-dealkylation sites (tertiary alicyclic amines) is 1. The summed E-state index contributed by atoms with van der Waals surface area (Å²) >= 11 is 0. The molecule has 0 amide bonds. The van der Waals surface area contributed by atoms with E-state index in [9.17, 15) is 4.79 Å². The number of hydrogen-bond acceptors (Lipinski definition) is 4. The van der Waals surface area contributed by atoms with Gasteiger partial charge in [-0.3, -0.25) is 0 Å². The molecule has 0 unspecified atom stereocenters. The Hall–Kier alpha value is -1.32. The van der Waals surface area contributed by atoms with E-state index in [0.717, 1.165) is 25.1 Å². The van der Waals surface area contributed by atoms with Crippen molar-refractivity contribution in [3.63, 3.8) is 0 Å². The van der Waals surface area contributed by atoms with Crippen LogP contribution < -0.4 is 0 Å². The quantitative estimate of drug-likeness (QED) is 0.389. The molecule has 0 atom stereocenters. The second-order valence-electron chi connectivity index (χ2n) is 2.96. The number of cyclic esters (lactones) is 1. The Balaban J connectivity index is 2.34. The lowest BCUT2D eigenvalue weighted by atomic mass is 10.2. The minimum atomic E-state index is -0.321. The molecule has 0 aromatic carbocycles. The van der Waals surface area contributed by atoms with E-state index in [1.807, 2.05) is 7.05 Å². The number of aliphatic imine (C=N–C) groups is 1. The highest BCUT2D eigenvalue weighted by molar-refractivity contribution is 5.98. The van der Waals surface area contributed by atoms with E-state index >= 15 is 0 Å². The van der Waals surface area contributed by atoms with Gasteiger partial charge < -0.3 is 9.64 Å². The number of ether oxygens (including phenoxy) is 1. The van der Waals surface area contributed by atoms with Gasteiger partial charge in [0.25, 0.3) is 0 Å². The molecule has 0 spiro atoms. The molecule has 2 heterocycles. The first-order valence-electron chi connectivity index (χ1n) is 3.97. The molecule has 0 radical (unpaired) electrons. The van der Waals surface area contributed by atoms with Crippen molar-refractivity contribution in [2.45, 2.75) is 12.8 Å². The van der Waals surface area contributed by atoms with Crippen LogP contribution >= 0.6 is 0 Å². The number of esters is 1. The summed E-state index contributed by atoms with van der Waals surface area (Å²) in [7, 11) is 1.97. The first-order valence-corrected chi connectivity index (χ1v) is 3.97. The van der Waals surface area contributed by atoms with Crippen molar-refractivity contribution in [3.8, 4) is 0 Å². The number of hydrogen-bond donors (Lipinski definition) is 0. The normalized spacial score (nSPS) is 28.4. The molecule has 0 aliphatic carbocycles. The Morgan fingerprint density at radius 2 is 2.50 bits per heavy atom. The fourth-order valence-electron chi connectivity index (χ4n) is 1.54. The zero-order valence-electron chi connectivity index (χ0n) is 6.91. The van der Waals surface area contributed by atoms with Crippen LogP contribution in [0.15, 0.2) is 16.4 Å². The smallest absolute Gasteiger partial charge is 0.365 e. The zero-order valence-corrected chi connectivity index (χ0v) is 6.91. The molecule has 1 fully saturated rings. The number of rotatable bonds is 0. The van der Waals surface area contributed by atoms with Gasteiger partial charge in [-0.25, -0.2) is 9.79 Å². The van der Waals surface area contributed by atoms with Gasteiger partial charge >= 0.3 is 5.97 Å². The molecule has 2 aliphatic heterocycles. The highest BCUT2D eigenvalue weighted by atomic mass is 16.5. The molecule has 0 aromatic rings. The Morgan fingerprint density at radius 3 is 3.00 bits per heavy atom. The summed E-state index contributed by atoms with van der Waals surface area (Å²) in [6, 6.07) is 0. The fourth-order valence-corrected chi connectivity index (χ4v) is 1.54. The lowest BCUT2D eigenvalue weighted by Crippen LogP contribution is -2.14. The summed E-state index contributed by atoms with van der Waals surface area (Å²) in [4.78, 5) is 17.0. The van der Waals surface area contributed by atoms with Crippen molar-refractivity contribution in [2.24, 2.45) is 4.99 Å². The average molecular weight is 166 g/mol. The van der Waals surface area contributed by atoms with Gasteiger partial charge in [-0.05, 0) is 12.8 Å². The summed E-state index contributed by atoms with van der Waals surface area (Å²) in [6.45, 7) is 1.00. The van der Waals surface area contributed by atoms with Crippen LogP contribution in [0.5, 0.6) is 0 Å². The fraction of sp³-hybridized carbons (Fsp3) is 0.500. The molecule has 2 aliphatic rings. The van der Waals surface area contributed by atoms with E-state index in [1.165, 1.54) is 6.40 Å². The van der Waals surface area contributed by atoms with E-state index in [0.29, 0.717) is 5.70 Å². The zero-order chi connectivity index (χ0) is 8.55. The van der Waals surface area contributed by atoms with Crippen LogP contribution in [0.1, 0.15) is 12.8 Å². The van der Waals surface area contributed by atoms with Crippen molar-refractivity contribution in [3.05, 3.63) is 11.4 Å². The van der Waals surface area contributed by atoms with Gasteiger partial charge in [0.15, 0.2) is 12.1 Å².